The maximum absolute atomic E-state index is 11.2. The fourth-order valence-corrected chi connectivity index (χ4v) is 2.56. The van der Waals surface area contributed by atoms with Crippen LogP contribution < -0.4 is 0 Å². The predicted octanol–water partition coefficient (Wildman–Crippen LogP) is 2.43. The van der Waals surface area contributed by atoms with Gasteiger partial charge in [0.2, 0.25) is 0 Å². The summed E-state index contributed by atoms with van der Waals surface area (Å²) >= 11 is 0. The average Bonchev–Trinajstić information content (AvgIpc) is 2.00. The van der Waals surface area contributed by atoms with E-state index in [0.717, 1.165) is 12.8 Å². The minimum Gasteiger partial charge on any atom is -0.481 e. The molecule has 2 N–H and O–H groups in total. The molecule has 0 bridgehead atoms. The van der Waals surface area contributed by atoms with Crippen molar-refractivity contribution in [2.45, 2.75) is 59.0 Å². The number of carbonyl (C=O) groups is 1. The summed E-state index contributed by atoms with van der Waals surface area (Å²) in [5, 5.41) is 19.7. The largest absolute Gasteiger partial charge is 0.481 e. The Labute approximate surface area is 91.5 Å². The molecule has 0 saturated heterocycles. The average molecular weight is 214 g/mol. The highest BCUT2D eigenvalue weighted by Crippen LogP contribution is 2.49. The van der Waals surface area contributed by atoms with Crippen LogP contribution >= 0.6 is 0 Å². The molecular weight excluding hydrogens is 192 g/mol. The molecule has 1 atom stereocenters. The van der Waals surface area contributed by atoms with Crippen LogP contribution in [0.25, 0.3) is 0 Å². The van der Waals surface area contributed by atoms with Crippen molar-refractivity contribution in [3.63, 3.8) is 0 Å². The van der Waals surface area contributed by atoms with Gasteiger partial charge in [0.25, 0.3) is 0 Å². The summed E-state index contributed by atoms with van der Waals surface area (Å²) in [5.74, 6) is -0.914. The third-order valence-electron chi connectivity index (χ3n) is 3.91. The van der Waals surface area contributed by atoms with Crippen molar-refractivity contribution in [3.05, 3.63) is 0 Å². The third kappa shape index (κ3) is 2.17. The smallest absolute Gasteiger partial charge is 0.312 e. The predicted molar refractivity (Wildman–Crippen MR) is 58.6 cm³/mol. The first-order valence-electron chi connectivity index (χ1n) is 5.57. The van der Waals surface area contributed by atoms with Gasteiger partial charge in [-0.3, -0.25) is 4.79 Å². The molecule has 0 heterocycles. The Hall–Kier alpha value is -0.570. The normalized spacial score (nSPS) is 31.3. The Balaban J connectivity index is 2.96. The van der Waals surface area contributed by atoms with Crippen LogP contribution in [0.2, 0.25) is 0 Å². The Morgan fingerprint density at radius 3 is 2.20 bits per heavy atom. The third-order valence-corrected chi connectivity index (χ3v) is 3.91. The maximum atomic E-state index is 11.2. The molecule has 3 nitrogen and oxygen atoms in total. The summed E-state index contributed by atoms with van der Waals surface area (Å²) < 4.78 is 0. The molecule has 0 aromatic heterocycles. The molecule has 0 amide bonds. The van der Waals surface area contributed by atoms with Crippen LogP contribution in [0.1, 0.15) is 53.4 Å². The van der Waals surface area contributed by atoms with E-state index in [0.29, 0.717) is 12.8 Å². The van der Waals surface area contributed by atoms with Crippen LogP contribution in [0.4, 0.5) is 0 Å². The van der Waals surface area contributed by atoms with Gasteiger partial charge in [0.1, 0.15) is 0 Å². The number of aliphatic carboxylic acids is 1. The summed E-state index contributed by atoms with van der Waals surface area (Å²) in [5.41, 5.74) is -2.09. The molecule has 3 heteroatoms. The van der Waals surface area contributed by atoms with E-state index in [2.05, 4.69) is 13.8 Å². The fraction of sp³-hybridized carbons (Fsp3) is 0.917. The minimum absolute atomic E-state index is 0.0414. The quantitative estimate of drug-likeness (QED) is 0.742. The summed E-state index contributed by atoms with van der Waals surface area (Å²) in [6.07, 6.45) is 3.13. The molecule has 15 heavy (non-hydrogen) atoms. The number of aliphatic hydroxyl groups is 1. The van der Waals surface area contributed by atoms with Crippen molar-refractivity contribution < 1.29 is 15.0 Å². The molecule has 1 fully saturated rings. The second kappa shape index (κ2) is 3.48. The fourth-order valence-electron chi connectivity index (χ4n) is 2.56. The van der Waals surface area contributed by atoms with Crippen molar-refractivity contribution in [2.75, 3.05) is 0 Å². The lowest BCUT2D eigenvalue weighted by molar-refractivity contribution is -0.174. The van der Waals surface area contributed by atoms with Crippen LogP contribution in [0.15, 0.2) is 0 Å². The van der Waals surface area contributed by atoms with Crippen LogP contribution in [0, 0.1) is 10.8 Å². The standard InChI is InChI=1S/C12H22O3/c1-10(2)6-5-7-12(15,8-10)11(3,4)9(13)14/h15H,5-8H2,1-4H3,(H,13,14). The molecular formula is C12H22O3. The number of rotatable bonds is 2. The first-order valence-corrected chi connectivity index (χ1v) is 5.57. The zero-order chi connectivity index (χ0) is 11.9. The summed E-state index contributed by atoms with van der Waals surface area (Å²) in [7, 11) is 0. The summed E-state index contributed by atoms with van der Waals surface area (Å²) in [4.78, 5) is 11.2. The van der Waals surface area contributed by atoms with Crippen LogP contribution in [0.5, 0.6) is 0 Å². The van der Waals surface area contributed by atoms with Gasteiger partial charge < -0.3 is 10.2 Å². The summed E-state index contributed by atoms with van der Waals surface area (Å²) in [6, 6.07) is 0. The van der Waals surface area contributed by atoms with Crippen LogP contribution in [-0.2, 0) is 4.79 Å². The van der Waals surface area contributed by atoms with E-state index in [4.69, 9.17) is 5.11 Å². The van der Waals surface area contributed by atoms with E-state index in [1.165, 1.54) is 0 Å². The highest BCUT2D eigenvalue weighted by atomic mass is 16.4. The molecule has 1 aliphatic rings. The molecule has 1 unspecified atom stereocenters. The second-order valence-corrected chi connectivity index (χ2v) is 6.16. The summed E-state index contributed by atoms with van der Waals surface area (Å²) in [6.45, 7) is 7.43. The molecule has 0 aliphatic heterocycles. The van der Waals surface area contributed by atoms with Crippen molar-refractivity contribution in [3.8, 4) is 0 Å². The Bertz CT molecular complexity index is 268. The molecule has 1 rings (SSSR count). The lowest BCUT2D eigenvalue weighted by Crippen LogP contribution is -2.53. The molecule has 0 radical (unpaired) electrons. The van der Waals surface area contributed by atoms with E-state index >= 15 is 0 Å². The zero-order valence-electron chi connectivity index (χ0n) is 10.1. The minimum atomic E-state index is -1.07. The lowest BCUT2D eigenvalue weighted by Gasteiger charge is -2.48. The van der Waals surface area contributed by atoms with Gasteiger partial charge in [-0.2, -0.15) is 0 Å². The van der Waals surface area contributed by atoms with E-state index in [1.807, 2.05) is 0 Å². The van der Waals surface area contributed by atoms with Gasteiger partial charge in [0.15, 0.2) is 0 Å². The van der Waals surface area contributed by atoms with Crippen molar-refractivity contribution in [1.29, 1.82) is 0 Å². The molecule has 0 aromatic rings. The molecule has 1 aliphatic carbocycles. The topological polar surface area (TPSA) is 57.5 Å². The highest BCUT2D eigenvalue weighted by Gasteiger charge is 2.52. The lowest BCUT2D eigenvalue weighted by atomic mass is 9.60. The first kappa shape index (κ1) is 12.5. The monoisotopic (exact) mass is 214 g/mol. The van der Waals surface area contributed by atoms with Gasteiger partial charge in [-0.1, -0.05) is 20.3 Å². The van der Waals surface area contributed by atoms with Crippen LogP contribution in [0.3, 0.4) is 0 Å². The molecule has 0 aromatic carbocycles. The number of hydrogen-bond donors (Lipinski definition) is 2. The van der Waals surface area contributed by atoms with E-state index in [1.54, 1.807) is 13.8 Å². The van der Waals surface area contributed by atoms with Gasteiger partial charge in [-0.25, -0.2) is 0 Å². The number of carboxylic acid groups (broad SMARTS) is 1. The Kier molecular flexibility index (Phi) is 2.90. The van der Waals surface area contributed by atoms with Gasteiger partial charge in [-0.05, 0) is 38.5 Å². The zero-order valence-corrected chi connectivity index (χ0v) is 10.1. The number of hydrogen-bond acceptors (Lipinski definition) is 2. The maximum Gasteiger partial charge on any atom is 0.312 e. The number of carboxylic acids is 1. The van der Waals surface area contributed by atoms with Crippen molar-refractivity contribution in [2.24, 2.45) is 10.8 Å². The van der Waals surface area contributed by atoms with E-state index < -0.39 is 17.0 Å². The van der Waals surface area contributed by atoms with Gasteiger partial charge in [0.05, 0.1) is 11.0 Å². The Morgan fingerprint density at radius 1 is 1.27 bits per heavy atom. The van der Waals surface area contributed by atoms with Gasteiger partial charge in [-0.15, -0.1) is 0 Å². The molecule has 0 spiro atoms. The molecule has 1 saturated carbocycles. The molecule has 88 valence electrons. The SMILES string of the molecule is CC1(C)CCCC(O)(C(C)(C)C(=O)O)C1. The van der Waals surface area contributed by atoms with E-state index in [9.17, 15) is 9.90 Å². The van der Waals surface area contributed by atoms with Gasteiger partial charge >= 0.3 is 5.97 Å². The van der Waals surface area contributed by atoms with Crippen molar-refractivity contribution >= 4 is 5.97 Å². The second-order valence-electron chi connectivity index (χ2n) is 6.16. The van der Waals surface area contributed by atoms with E-state index in [-0.39, 0.29) is 5.41 Å². The van der Waals surface area contributed by atoms with Gasteiger partial charge in [0, 0.05) is 0 Å². The Morgan fingerprint density at radius 2 is 1.80 bits per heavy atom. The first-order chi connectivity index (χ1) is 6.61. The van der Waals surface area contributed by atoms with Crippen molar-refractivity contribution in [1.82, 2.24) is 0 Å². The highest BCUT2D eigenvalue weighted by molar-refractivity contribution is 5.75. The van der Waals surface area contributed by atoms with Crippen LogP contribution in [-0.4, -0.2) is 21.8 Å².